The van der Waals surface area contributed by atoms with E-state index in [1.54, 1.807) is 0 Å². The quantitative estimate of drug-likeness (QED) is 0.136. The lowest BCUT2D eigenvalue weighted by atomic mass is 9.88. The standard InChI is InChI=1S/C35H44N4O6/c1-23(2)18-30(34(43)37-29(32(36)41)21-26-16-10-5-11-17-26)38-33(42)27(19-24-12-6-3-7-13-24)22-31(40)28(39-35(44)45)20-25-14-8-4-9-15-25/h3-17,23,27-31,39-40H,18-22H2,1-2H3,(H2,36,41)(H,37,43)(H,38,42)(H,44,45)/t27-,28+,29+,30+,31+/m1/s1. The Morgan fingerprint density at radius 1 is 0.644 bits per heavy atom. The molecule has 3 aromatic carbocycles. The van der Waals surface area contributed by atoms with Gasteiger partial charge >= 0.3 is 6.09 Å². The molecule has 5 atom stereocenters. The molecule has 0 fully saturated rings. The van der Waals surface area contributed by atoms with Crippen molar-refractivity contribution in [1.29, 1.82) is 0 Å². The summed E-state index contributed by atoms with van der Waals surface area (Å²) >= 11 is 0. The van der Waals surface area contributed by atoms with E-state index in [0.29, 0.717) is 6.42 Å². The molecule has 0 aliphatic heterocycles. The predicted molar refractivity (Wildman–Crippen MR) is 172 cm³/mol. The number of hydrogen-bond acceptors (Lipinski definition) is 5. The molecule has 0 saturated carbocycles. The smallest absolute Gasteiger partial charge is 0.404 e. The molecule has 0 unspecified atom stereocenters. The lowest BCUT2D eigenvalue weighted by Crippen LogP contribution is -2.55. The largest absolute Gasteiger partial charge is 0.465 e. The Labute approximate surface area is 264 Å². The Hall–Kier alpha value is -4.70. The molecule has 0 aliphatic carbocycles. The SMILES string of the molecule is CC(C)C[C@H](NC(=O)[C@H](Cc1ccccc1)C[C@H](O)[C@H](Cc1ccccc1)NC(=O)O)C(=O)N[C@@H](Cc1ccccc1)C(N)=O. The van der Waals surface area contributed by atoms with E-state index in [-0.39, 0.29) is 31.6 Å². The number of carbonyl (C=O) groups is 4. The van der Waals surface area contributed by atoms with Gasteiger partial charge in [-0.05, 0) is 48.3 Å². The van der Waals surface area contributed by atoms with Crippen molar-refractivity contribution in [3.8, 4) is 0 Å². The Morgan fingerprint density at radius 3 is 1.58 bits per heavy atom. The summed E-state index contributed by atoms with van der Waals surface area (Å²) in [6.45, 7) is 3.83. The average Bonchev–Trinajstić information content (AvgIpc) is 3.00. The maximum absolute atomic E-state index is 13.9. The number of carbonyl (C=O) groups excluding carboxylic acids is 3. The monoisotopic (exact) mass is 616 g/mol. The predicted octanol–water partition coefficient (Wildman–Crippen LogP) is 3.22. The number of primary amides is 1. The summed E-state index contributed by atoms with van der Waals surface area (Å²) in [5, 5.41) is 28.7. The summed E-state index contributed by atoms with van der Waals surface area (Å²) in [6, 6.07) is 24.8. The van der Waals surface area contributed by atoms with Crippen LogP contribution in [-0.2, 0) is 33.6 Å². The van der Waals surface area contributed by atoms with Gasteiger partial charge in [0.05, 0.1) is 12.1 Å². The summed E-state index contributed by atoms with van der Waals surface area (Å²) in [5.41, 5.74) is 8.12. The second-order valence-electron chi connectivity index (χ2n) is 11.8. The third-order valence-corrected chi connectivity index (χ3v) is 7.58. The number of rotatable bonds is 17. The molecule has 0 bridgehead atoms. The van der Waals surface area contributed by atoms with Crippen LogP contribution in [0.25, 0.3) is 0 Å². The van der Waals surface area contributed by atoms with Gasteiger partial charge in [0.15, 0.2) is 0 Å². The van der Waals surface area contributed by atoms with Gasteiger partial charge in [-0.25, -0.2) is 4.79 Å². The van der Waals surface area contributed by atoms with Gasteiger partial charge < -0.3 is 31.9 Å². The number of aliphatic hydroxyl groups excluding tert-OH is 1. The fourth-order valence-electron chi connectivity index (χ4n) is 5.28. The van der Waals surface area contributed by atoms with Crippen molar-refractivity contribution in [2.45, 2.75) is 70.2 Å². The minimum atomic E-state index is -1.28. The van der Waals surface area contributed by atoms with E-state index in [1.165, 1.54) is 0 Å². The van der Waals surface area contributed by atoms with E-state index in [0.717, 1.165) is 16.7 Å². The first-order valence-corrected chi connectivity index (χ1v) is 15.2. The maximum atomic E-state index is 13.9. The van der Waals surface area contributed by atoms with Crippen LogP contribution in [0.5, 0.6) is 0 Å². The molecule has 0 saturated heterocycles. The third kappa shape index (κ3) is 12.1. The van der Waals surface area contributed by atoms with Gasteiger partial charge in [-0.15, -0.1) is 0 Å². The van der Waals surface area contributed by atoms with E-state index in [1.807, 2.05) is 105 Å². The summed E-state index contributed by atoms with van der Waals surface area (Å²) in [5.74, 6) is -2.47. The van der Waals surface area contributed by atoms with E-state index in [9.17, 15) is 29.4 Å². The van der Waals surface area contributed by atoms with Crippen LogP contribution in [-0.4, -0.2) is 58.3 Å². The minimum Gasteiger partial charge on any atom is -0.465 e. The van der Waals surface area contributed by atoms with E-state index >= 15 is 0 Å². The van der Waals surface area contributed by atoms with Crippen LogP contribution < -0.4 is 21.7 Å². The van der Waals surface area contributed by atoms with Crippen LogP contribution in [0.4, 0.5) is 4.79 Å². The molecule has 0 radical (unpaired) electrons. The van der Waals surface area contributed by atoms with Gasteiger partial charge in [0.2, 0.25) is 17.7 Å². The van der Waals surface area contributed by atoms with Crippen molar-refractivity contribution in [2.75, 3.05) is 0 Å². The first-order chi connectivity index (χ1) is 21.5. The second-order valence-corrected chi connectivity index (χ2v) is 11.8. The highest BCUT2D eigenvalue weighted by molar-refractivity contribution is 5.92. The zero-order chi connectivity index (χ0) is 32.8. The number of carboxylic acid groups (broad SMARTS) is 1. The molecule has 0 spiro atoms. The fraction of sp³-hybridized carbons (Fsp3) is 0.371. The summed E-state index contributed by atoms with van der Waals surface area (Å²) < 4.78 is 0. The van der Waals surface area contributed by atoms with Gasteiger partial charge in [-0.1, -0.05) is 105 Å². The number of aliphatic hydroxyl groups is 1. The van der Waals surface area contributed by atoms with Crippen LogP contribution in [0.2, 0.25) is 0 Å². The molecule has 10 heteroatoms. The normalized spacial score (nSPS) is 14.4. The molecular formula is C35H44N4O6. The number of nitrogens with one attached hydrogen (secondary N) is 3. The summed E-state index contributed by atoms with van der Waals surface area (Å²) in [4.78, 5) is 51.2. The van der Waals surface area contributed by atoms with E-state index < -0.39 is 54.0 Å². The highest BCUT2D eigenvalue weighted by Gasteiger charge is 2.32. The van der Waals surface area contributed by atoms with Gasteiger partial charge in [0.1, 0.15) is 12.1 Å². The lowest BCUT2D eigenvalue weighted by Gasteiger charge is -2.29. The molecule has 0 heterocycles. The zero-order valence-corrected chi connectivity index (χ0v) is 25.8. The topological polar surface area (TPSA) is 171 Å². The van der Waals surface area contributed by atoms with Crippen molar-refractivity contribution in [3.05, 3.63) is 108 Å². The van der Waals surface area contributed by atoms with Crippen LogP contribution in [0, 0.1) is 11.8 Å². The van der Waals surface area contributed by atoms with Gasteiger partial charge in [-0.2, -0.15) is 0 Å². The maximum Gasteiger partial charge on any atom is 0.404 e. The Balaban J connectivity index is 1.81. The Kier molecular flexibility index (Phi) is 13.6. The first kappa shape index (κ1) is 34.8. The van der Waals surface area contributed by atoms with Crippen LogP contribution in [0.3, 0.4) is 0 Å². The van der Waals surface area contributed by atoms with Crippen LogP contribution >= 0.6 is 0 Å². The third-order valence-electron chi connectivity index (χ3n) is 7.58. The Bertz CT molecular complexity index is 1370. The molecule has 0 aromatic heterocycles. The van der Waals surface area contributed by atoms with Crippen molar-refractivity contribution in [3.63, 3.8) is 0 Å². The first-order valence-electron chi connectivity index (χ1n) is 15.2. The van der Waals surface area contributed by atoms with E-state index in [4.69, 9.17) is 5.73 Å². The van der Waals surface area contributed by atoms with Crippen molar-refractivity contribution >= 4 is 23.8 Å². The van der Waals surface area contributed by atoms with Gasteiger partial charge in [0, 0.05) is 12.3 Å². The van der Waals surface area contributed by atoms with Crippen molar-refractivity contribution < 1.29 is 29.4 Å². The van der Waals surface area contributed by atoms with Gasteiger partial charge in [0.25, 0.3) is 0 Å². The molecule has 0 aliphatic rings. The summed E-state index contributed by atoms with van der Waals surface area (Å²) in [7, 11) is 0. The molecule has 45 heavy (non-hydrogen) atoms. The molecule has 3 aromatic rings. The molecule has 4 amide bonds. The number of amides is 4. The molecule has 10 nitrogen and oxygen atoms in total. The number of hydrogen-bond donors (Lipinski definition) is 6. The lowest BCUT2D eigenvalue weighted by molar-refractivity contribution is -0.133. The van der Waals surface area contributed by atoms with Gasteiger partial charge in [-0.3, -0.25) is 14.4 Å². The second kappa shape index (κ2) is 17.6. The van der Waals surface area contributed by atoms with Crippen LogP contribution in [0.15, 0.2) is 91.0 Å². The molecule has 240 valence electrons. The fourth-order valence-corrected chi connectivity index (χ4v) is 5.28. The van der Waals surface area contributed by atoms with Crippen molar-refractivity contribution in [2.24, 2.45) is 17.6 Å². The number of benzene rings is 3. The highest BCUT2D eigenvalue weighted by atomic mass is 16.4. The summed E-state index contributed by atoms with van der Waals surface area (Å²) in [6.07, 6.45) is -1.58. The minimum absolute atomic E-state index is 0.0235. The number of nitrogens with two attached hydrogens (primary N) is 1. The zero-order valence-electron chi connectivity index (χ0n) is 25.8. The van der Waals surface area contributed by atoms with Crippen LogP contribution in [0.1, 0.15) is 43.4 Å². The Morgan fingerprint density at radius 2 is 1.11 bits per heavy atom. The van der Waals surface area contributed by atoms with Crippen molar-refractivity contribution in [1.82, 2.24) is 16.0 Å². The highest BCUT2D eigenvalue weighted by Crippen LogP contribution is 2.20. The average molecular weight is 617 g/mol. The molecule has 3 rings (SSSR count). The molecular weight excluding hydrogens is 572 g/mol. The van der Waals surface area contributed by atoms with E-state index in [2.05, 4.69) is 16.0 Å². The molecule has 7 N–H and O–H groups in total.